The summed E-state index contributed by atoms with van der Waals surface area (Å²) in [6, 6.07) is 0. The Morgan fingerprint density at radius 1 is 1.33 bits per heavy atom. The highest BCUT2D eigenvalue weighted by molar-refractivity contribution is 5.00. The largest absolute Gasteiger partial charge is 0.311 e. The van der Waals surface area contributed by atoms with Gasteiger partial charge in [0.1, 0.15) is 0 Å². The highest BCUT2D eigenvalue weighted by Crippen LogP contribution is 2.43. The Morgan fingerprint density at radius 2 is 1.92 bits per heavy atom. The number of nitrogens with one attached hydrogen (secondary N) is 1. The lowest BCUT2D eigenvalue weighted by Gasteiger charge is -2.35. The minimum absolute atomic E-state index is 0.383. The fraction of sp³-hybridized carbons (Fsp3) is 1.00. The van der Waals surface area contributed by atoms with Crippen molar-refractivity contribution in [3.05, 3.63) is 0 Å². The highest BCUT2D eigenvalue weighted by atomic mass is 15.0. The van der Waals surface area contributed by atoms with Gasteiger partial charge in [0.2, 0.25) is 0 Å². The Balaban J connectivity index is 2.73. The highest BCUT2D eigenvalue weighted by Gasteiger charge is 2.44. The van der Waals surface area contributed by atoms with Gasteiger partial charge in [0.05, 0.1) is 0 Å². The lowest BCUT2D eigenvalue weighted by molar-refractivity contribution is 0.220. The third kappa shape index (κ3) is 1.39. The fourth-order valence-corrected chi connectivity index (χ4v) is 2.76. The molecule has 1 aliphatic carbocycles. The second-order valence-electron chi connectivity index (χ2n) is 4.72. The average Bonchev–Trinajstić information content (AvgIpc) is 2.17. The summed E-state index contributed by atoms with van der Waals surface area (Å²) in [6.07, 6.45) is 1.38. The molecule has 0 heterocycles. The average molecular weight is 169 g/mol. The predicted octanol–water partition coefficient (Wildman–Crippen LogP) is 2.67. The number of rotatable bonds is 2. The summed E-state index contributed by atoms with van der Waals surface area (Å²) in [5, 5.41) is 3.65. The molecule has 0 aromatic heterocycles. The third-order valence-corrected chi connectivity index (χ3v) is 4.11. The molecule has 1 heteroatoms. The van der Waals surface area contributed by atoms with Gasteiger partial charge in [-0.1, -0.05) is 27.7 Å². The second-order valence-corrected chi connectivity index (χ2v) is 4.72. The van der Waals surface area contributed by atoms with Crippen molar-refractivity contribution in [2.75, 3.05) is 6.54 Å². The van der Waals surface area contributed by atoms with Gasteiger partial charge in [0.25, 0.3) is 0 Å². The predicted molar refractivity (Wildman–Crippen MR) is 54.2 cm³/mol. The van der Waals surface area contributed by atoms with Crippen LogP contribution < -0.4 is 5.32 Å². The molecule has 1 N–H and O–H groups in total. The molecule has 1 aliphatic rings. The van der Waals surface area contributed by atoms with Crippen molar-refractivity contribution in [2.45, 2.75) is 46.6 Å². The summed E-state index contributed by atoms with van der Waals surface area (Å²) in [7, 11) is 0. The van der Waals surface area contributed by atoms with Gasteiger partial charge < -0.3 is 5.32 Å². The molecule has 0 aromatic carbocycles. The van der Waals surface area contributed by atoms with E-state index >= 15 is 0 Å². The maximum Gasteiger partial charge on any atom is 0.0206 e. The van der Waals surface area contributed by atoms with E-state index < -0.39 is 0 Å². The molecule has 72 valence electrons. The van der Waals surface area contributed by atoms with E-state index in [2.05, 4.69) is 39.9 Å². The molecule has 1 saturated carbocycles. The maximum absolute atomic E-state index is 3.65. The zero-order chi connectivity index (χ0) is 9.35. The monoisotopic (exact) mass is 169 g/mol. The van der Waals surface area contributed by atoms with Crippen LogP contribution in [0, 0.1) is 17.8 Å². The van der Waals surface area contributed by atoms with Crippen LogP contribution in [0.4, 0.5) is 0 Å². The van der Waals surface area contributed by atoms with Crippen LogP contribution in [0.5, 0.6) is 0 Å². The number of hydrogen-bond donors (Lipinski definition) is 1. The van der Waals surface area contributed by atoms with E-state index in [0.717, 1.165) is 24.3 Å². The molecular formula is C11H23N. The summed E-state index contributed by atoms with van der Waals surface area (Å²) in [5.74, 6) is 2.51. The molecule has 1 fully saturated rings. The third-order valence-electron chi connectivity index (χ3n) is 4.11. The van der Waals surface area contributed by atoms with Gasteiger partial charge in [-0.15, -0.1) is 0 Å². The summed E-state index contributed by atoms with van der Waals surface area (Å²) >= 11 is 0. The lowest BCUT2D eigenvalue weighted by Crippen LogP contribution is -2.49. The molecule has 0 amide bonds. The molecule has 0 aliphatic heterocycles. The zero-order valence-electron chi connectivity index (χ0n) is 9.15. The minimum Gasteiger partial charge on any atom is -0.311 e. The van der Waals surface area contributed by atoms with Crippen LogP contribution in [0.3, 0.4) is 0 Å². The molecule has 4 unspecified atom stereocenters. The van der Waals surface area contributed by atoms with Crippen molar-refractivity contribution in [2.24, 2.45) is 17.8 Å². The lowest BCUT2D eigenvalue weighted by atomic mass is 9.82. The zero-order valence-corrected chi connectivity index (χ0v) is 9.15. The van der Waals surface area contributed by atoms with Gasteiger partial charge in [-0.25, -0.2) is 0 Å². The minimum atomic E-state index is 0.383. The van der Waals surface area contributed by atoms with Crippen LogP contribution in [0.1, 0.15) is 41.0 Å². The van der Waals surface area contributed by atoms with Crippen molar-refractivity contribution < 1.29 is 0 Å². The first-order valence-electron chi connectivity index (χ1n) is 5.27. The van der Waals surface area contributed by atoms with Gasteiger partial charge in [-0.3, -0.25) is 0 Å². The van der Waals surface area contributed by atoms with Crippen molar-refractivity contribution in [3.8, 4) is 0 Å². The summed E-state index contributed by atoms with van der Waals surface area (Å²) < 4.78 is 0. The number of hydrogen-bond acceptors (Lipinski definition) is 1. The van der Waals surface area contributed by atoms with E-state index in [9.17, 15) is 0 Å². The quantitative estimate of drug-likeness (QED) is 0.670. The first-order valence-corrected chi connectivity index (χ1v) is 5.27. The van der Waals surface area contributed by atoms with Crippen LogP contribution in [0.15, 0.2) is 0 Å². The summed E-state index contributed by atoms with van der Waals surface area (Å²) in [5.41, 5.74) is 0.383. The van der Waals surface area contributed by atoms with E-state index in [0.29, 0.717) is 5.54 Å². The van der Waals surface area contributed by atoms with Crippen LogP contribution in [-0.2, 0) is 0 Å². The van der Waals surface area contributed by atoms with E-state index in [1.54, 1.807) is 0 Å². The smallest absolute Gasteiger partial charge is 0.0206 e. The van der Waals surface area contributed by atoms with Crippen LogP contribution in [0.25, 0.3) is 0 Å². The Labute approximate surface area is 76.9 Å². The standard InChI is InChI=1S/C11H23N/c1-6-12-11(5)9(3)7-8(2)10(11)4/h8-10,12H,6-7H2,1-5H3. The first-order chi connectivity index (χ1) is 5.52. The van der Waals surface area contributed by atoms with Gasteiger partial charge in [0.15, 0.2) is 0 Å². The van der Waals surface area contributed by atoms with E-state index in [-0.39, 0.29) is 0 Å². The SMILES string of the molecule is CCNC1(C)C(C)CC(C)C1C. The molecule has 0 spiro atoms. The first kappa shape index (κ1) is 10.0. The molecule has 0 radical (unpaired) electrons. The van der Waals surface area contributed by atoms with Gasteiger partial charge in [-0.05, 0) is 37.6 Å². The van der Waals surface area contributed by atoms with Gasteiger partial charge >= 0.3 is 0 Å². The second kappa shape index (κ2) is 3.37. The Bertz CT molecular complexity index is 155. The van der Waals surface area contributed by atoms with Crippen LogP contribution in [0.2, 0.25) is 0 Å². The van der Waals surface area contributed by atoms with E-state index in [1.807, 2.05) is 0 Å². The van der Waals surface area contributed by atoms with Gasteiger partial charge in [-0.2, -0.15) is 0 Å². The molecule has 0 saturated heterocycles. The summed E-state index contributed by atoms with van der Waals surface area (Å²) in [6.45, 7) is 12.8. The van der Waals surface area contributed by atoms with Crippen LogP contribution in [-0.4, -0.2) is 12.1 Å². The molecule has 0 aromatic rings. The normalized spacial score (nSPS) is 48.2. The van der Waals surface area contributed by atoms with Crippen molar-refractivity contribution in [1.29, 1.82) is 0 Å². The Hall–Kier alpha value is -0.0400. The molecule has 0 bridgehead atoms. The van der Waals surface area contributed by atoms with Crippen molar-refractivity contribution in [3.63, 3.8) is 0 Å². The molecule has 1 rings (SSSR count). The van der Waals surface area contributed by atoms with Crippen LogP contribution >= 0.6 is 0 Å². The van der Waals surface area contributed by atoms with E-state index in [4.69, 9.17) is 0 Å². The Morgan fingerprint density at radius 3 is 2.25 bits per heavy atom. The topological polar surface area (TPSA) is 12.0 Å². The fourth-order valence-electron chi connectivity index (χ4n) is 2.76. The molecular weight excluding hydrogens is 146 g/mol. The summed E-state index contributed by atoms with van der Waals surface area (Å²) in [4.78, 5) is 0. The molecule has 1 nitrogen and oxygen atoms in total. The van der Waals surface area contributed by atoms with Crippen molar-refractivity contribution >= 4 is 0 Å². The Kier molecular flexibility index (Phi) is 2.82. The maximum atomic E-state index is 3.65. The van der Waals surface area contributed by atoms with E-state index in [1.165, 1.54) is 6.42 Å². The molecule has 4 atom stereocenters. The molecule has 12 heavy (non-hydrogen) atoms. The van der Waals surface area contributed by atoms with Crippen molar-refractivity contribution in [1.82, 2.24) is 5.32 Å². The van der Waals surface area contributed by atoms with Gasteiger partial charge in [0, 0.05) is 5.54 Å².